The molecule has 0 amide bonds. The maximum Gasteiger partial charge on any atom is 0.163 e. The van der Waals surface area contributed by atoms with Gasteiger partial charge in [-0.25, -0.2) is 15.0 Å². The Morgan fingerprint density at radius 1 is 0.600 bits per heavy atom. The molecule has 0 unspecified atom stereocenters. The first-order valence-corrected chi connectivity index (χ1v) is 19.9. The summed E-state index contributed by atoms with van der Waals surface area (Å²) in [5.74, 6) is 4.03. The number of nitrogens with zero attached hydrogens (tertiary/aromatic N) is 7. The van der Waals surface area contributed by atoms with Crippen LogP contribution in [0, 0.1) is 26.0 Å². The first-order chi connectivity index (χ1) is 28.1. The van der Waals surface area contributed by atoms with Gasteiger partial charge in [0.2, 0.25) is 0 Å². The minimum atomic E-state index is -0.182. The van der Waals surface area contributed by atoms with Gasteiger partial charge in [0.25, 0.3) is 0 Å². The second-order valence-electron chi connectivity index (χ2n) is 17.4. The Balaban J connectivity index is 0.000000183. The maximum absolute atomic E-state index is 6.26. The summed E-state index contributed by atoms with van der Waals surface area (Å²) in [5, 5.41) is 2.06. The van der Waals surface area contributed by atoms with Crippen molar-refractivity contribution < 1.29 is 24.5 Å². The van der Waals surface area contributed by atoms with Gasteiger partial charge in [0.15, 0.2) is 5.82 Å². The predicted molar refractivity (Wildman–Crippen MR) is 239 cm³/mol. The number of hydrogen-bond donors (Lipinski definition) is 0. The number of imidazole rings is 2. The van der Waals surface area contributed by atoms with Gasteiger partial charge in [-0.3, -0.25) is 9.97 Å². The molecule has 0 spiro atoms. The summed E-state index contributed by atoms with van der Waals surface area (Å²) in [7, 11) is 4.02. The molecule has 0 fully saturated rings. The summed E-state index contributed by atoms with van der Waals surface area (Å²) in [6.45, 7) is 17.0. The van der Waals surface area contributed by atoms with Gasteiger partial charge in [0.05, 0.1) is 22.9 Å². The Kier molecular flexibility index (Phi) is 11.6. The van der Waals surface area contributed by atoms with E-state index in [-0.39, 0.29) is 30.9 Å². The Hall–Kier alpha value is -6.02. The van der Waals surface area contributed by atoms with Gasteiger partial charge in [0, 0.05) is 69.2 Å². The Labute approximate surface area is 366 Å². The fourth-order valence-corrected chi connectivity index (χ4v) is 7.22. The predicted octanol–water partition coefficient (Wildman–Crippen LogP) is 12.1. The summed E-state index contributed by atoms with van der Waals surface area (Å²) in [5.41, 5.74) is 11.4. The van der Waals surface area contributed by atoms with E-state index in [4.69, 9.17) is 19.4 Å². The third-order valence-electron chi connectivity index (χ3n) is 10.4. The Morgan fingerprint density at radius 3 is 1.87 bits per heavy atom. The number of aryl methyl sites for hydroxylation is 3. The van der Waals surface area contributed by atoms with Crippen LogP contribution in [0.25, 0.3) is 78.5 Å². The monoisotopic (exact) mass is 968 g/mol. The minimum absolute atomic E-state index is 0. The summed E-state index contributed by atoms with van der Waals surface area (Å²) in [4.78, 5) is 23.5. The third kappa shape index (κ3) is 8.65. The molecular formula is C51H49IrN7O-2. The summed E-state index contributed by atoms with van der Waals surface area (Å²) < 4.78 is 10.4. The van der Waals surface area contributed by atoms with Crippen molar-refractivity contribution in [1.29, 1.82) is 0 Å². The van der Waals surface area contributed by atoms with Crippen molar-refractivity contribution in [3.05, 3.63) is 151 Å². The van der Waals surface area contributed by atoms with Gasteiger partial charge >= 0.3 is 0 Å². The molecular weight excluding hydrogens is 919 g/mol. The van der Waals surface area contributed by atoms with Crippen LogP contribution in [0.5, 0.6) is 0 Å². The van der Waals surface area contributed by atoms with E-state index in [0.717, 1.165) is 73.2 Å². The van der Waals surface area contributed by atoms with Crippen molar-refractivity contribution in [3.8, 4) is 56.5 Å². The maximum atomic E-state index is 6.26. The standard InChI is InChI=1S/C27H28N5O.C24H21N2.Ir/c1-26(2,3)24-29-22(30-25(31-24)27(4,5)6)16-8-10-18-19-11-9-17(23-28-12-13-32(23)7)15-21(19)33-20(18)14-16;1-17-13-18(2)15-22(14-17)19-9-11-20(12-10-19)23-16-25-24(26(23)3)21-7-5-4-6-8-21;/h8,10-15H,1-7H3;4-7,9-16H,1-3H3;/q2*-1;. The summed E-state index contributed by atoms with van der Waals surface area (Å²) >= 11 is 0. The van der Waals surface area contributed by atoms with Crippen LogP contribution in [0.1, 0.15) is 64.3 Å². The van der Waals surface area contributed by atoms with Crippen molar-refractivity contribution in [3.63, 3.8) is 0 Å². The molecule has 0 aliphatic rings. The second-order valence-corrected chi connectivity index (χ2v) is 17.4. The largest absolute Gasteiger partial charge is 0.476 e. The van der Waals surface area contributed by atoms with Gasteiger partial charge in [-0.05, 0) is 42.0 Å². The van der Waals surface area contributed by atoms with Crippen LogP contribution in [0.4, 0.5) is 0 Å². The molecule has 8 nitrogen and oxygen atoms in total. The van der Waals surface area contributed by atoms with E-state index in [0.29, 0.717) is 5.82 Å². The van der Waals surface area contributed by atoms with Crippen LogP contribution >= 0.6 is 0 Å². The molecule has 4 aromatic heterocycles. The molecule has 305 valence electrons. The number of hydrogen-bond acceptors (Lipinski definition) is 6. The first-order valence-electron chi connectivity index (χ1n) is 19.9. The zero-order valence-corrected chi connectivity index (χ0v) is 38.2. The molecule has 0 N–H and O–H groups in total. The Bertz CT molecular complexity index is 2890. The van der Waals surface area contributed by atoms with E-state index >= 15 is 0 Å². The molecule has 5 aromatic carbocycles. The number of fused-ring (bicyclic) bond motifs is 3. The fraction of sp³-hybridized carbons (Fsp3) is 0.235. The quantitative estimate of drug-likeness (QED) is 0.160. The molecule has 9 aromatic rings. The smallest absolute Gasteiger partial charge is 0.163 e. The van der Waals surface area contributed by atoms with Gasteiger partial charge in [-0.2, -0.15) is 0 Å². The molecule has 9 rings (SSSR count). The zero-order valence-electron chi connectivity index (χ0n) is 35.8. The molecule has 0 aliphatic carbocycles. The molecule has 0 saturated heterocycles. The van der Waals surface area contributed by atoms with Crippen molar-refractivity contribution in [1.82, 2.24) is 34.1 Å². The molecule has 0 saturated carbocycles. The molecule has 60 heavy (non-hydrogen) atoms. The Morgan fingerprint density at radius 2 is 1.25 bits per heavy atom. The van der Waals surface area contributed by atoms with E-state index in [1.54, 1.807) is 6.20 Å². The van der Waals surface area contributed by atoms with Gasteiger partial charge < -0.3 is 13.6 Å². The molecule has 0 atom stereocenters. The average Bonchev–Trinajstić information content (AvgIpc) is 3.92. The summed E-state index contributed by atoms with van der Waals surface area (Å²) in [6, 6.07) is 40.0. The molecule has 9 heteroatoms. The van der Waals surface area contributed by atoms with E-state index in [9.17, 15) is 0 Å². The van der Waals surface area contributed by atoms with Crippen LogP contribution in [-0.4, -0.2) is 34.1 Å². The molecule has 0 bridgehead atoms. The molecule has 0 aliphatic heterocycles. The van der Waals surface area contributed by atoms with Crippen molar-refractivity contribution in [2.75, 3.05) is 0 Å². The number of benzene rings is 5. The third-order valence-corrected chi connectivity index (χ3v) is 10.4. The van der Waals surface area contributed by atoms with Crippen LogP contribution in [0.3, 0.4) is 0 Å². The van der Waals surface area contributed by atoms with Crippen molar-refractivity contribution >= 4 is 21.9 Å². The topological polar surface area (TPSA) is 87.5 Å². The van der Waals surface area contributed by atoms with Crippen molar-refractivity contribution in [2.24, 2.45) is 14.1 Å². The van der Waals surface area contributed by atoms with Crippen LogP contribution in [-0.2, 0) is 45.0 Å². The zero-order chi connectivity index (χ0) is 41.6. The SMILES string of the molecule is Cc1cc(C)cc(-c2ccc(-c3cnc(-c4[c-]cccc4)n3C)cc2)c1.Cn1ccnc1-c1[c-]cc2c(c1)oc1cc(-c3nc(C(C)(C)C)nc(C(C)(C)C)n3)ccc12.[Ir]. The van der Waals surface area contributed by atoms with Crippen LogP contribution in [0.15, 0.2) is 120 Å². The first kappa shape index (κ1) is 42.1. The average molecular weight is 968 g/mol. The van der Waals surface area contributed by atoms with Crippen LogP contribution < -0.4 is 0 Å². The minimum Gasteiger partial charge on any atom is -0.476 e. The van der Waals surface area contributed by atoms with Crippen LogP contribution in [0.2, 0.25) is 0 Å². The van der Waals surface area contributed by atoms with Gasteiger partial charge in [-0.15, -0.1) is 53.6 Å². The van der Waals surface area contributed by atoms with E-state index < -0.39 is 0 Å². The normalized spacial score (nSPS) is 11.7. The fourth-order valence-electron chi connectivity index (χ4n) is 7.22. The van der Waals surface area contributed by atoms with E-state index in [2.05, 4.69) is 144 Å². The van der Waals surface area contributed by atoms with E-state index in [1.807, 2.05) is 66.5 Å². The molecule has 4 heterocycles. The number of furan rings is 1. The van der Waals surface area contributed by atoms with E-state index in [1.165, 1.54) is 22.3 Å². The van der Waals surface area contributed by atoms with Crippen molar-refractivity contribution in [2.45, 2.75) is 66.2 Å². The van der Waals surface area contributed by atoms with Gasteiger partial charge in [-0.1, -0.05) is 119 Å². The van der Waals surface area contributed by atoms with Gasteiger partial charge in [0.1, 0.15) is 17.2 Å². The second kappa shape index (κ2) is 16.6. The number of aromatic nitrogens is 7. The number of rotatable bonds is 5. The molecule has 1 radical (unpaired) electrons. The summed E-state index contributed by atoms with van der Waals surface area (Å²) in [6.07, 6.45) is 5.64.